The van der Waals surface area contributed by atoms with Gasteiger partial charge in [-0.2, -0.15) is 0 Å². The van der Waals surface area contributed by atoms with Crippen LogP contribution >= 0.6 is 0 Å². The van der Waals surface area contributed by atoms with E-state index >= 15 is 0 Å². The first-order valence-electron chi connectivity index (χ1n) is 3.89. The molecule has 0 N–H and O–H groups in total. The van der Waals surface area contributed by atoms with E-state index in [-0.39, 0.29) is 5.79 Å². The SMILES string of the molecule is [B]OC12CCCC1CCO2. The number of hydrogen-bond donors (Lipinski definition) is 0. The van der Waals surface area contributed by atoms with Crippen molar-refractivity contribution in [2.24, 2.45) is 5.92 Å². The smallest absolute Gasteiger partial charge is 0.286 e. The fraction of sp³-hybridized carbons (Fsp3) is 1.00. The summed E-state index contributed by atoms with van der Waals surface area (Å²) in [6.07, 6.45) is 4.52. The summed E-state index contributed by atoms with van der Waals surface area (Å²) >= 11 is 0. The quantitative estimate of drug-likeness (QED) is 0.503. The summed E-state index contributed by atoms with van der Waals surface area (Å²) in [7, 11) is 5.18. The fourth-order valence-corrected chi connectivity index (χ4v) is 2.14. The zero-order valence-corrected chi connectivity index (χ0v) is 6.01. The average Bonchev–Trinajstić information content (AvgIpc) is 2.42. The topological polar surface area (TPSA) is 18.5 Å². The van der Waals surface area contributed by atoms with Crippen molar-refractivity contribution in [2.45, 2.75) is 31.5 Å². The highest BCUT2D eigenvalue weighted by molar-refractivity contribution is 5.98. The van der Waals surface area contributed by atoms with Crippen LogP contribution in [0.1, 0.15) is 25.7 Å². The maximum Gasteiger partial charge on any atom is 0.286 e. The molecule has 1 aliphatic heterocycles. The molecule has 0 aromatic carbocycles. The molecule has 2 rings (SSSR count). The molecule has 1 aliphatic carbocycles. The fourth-order valence-electron chi connectivity index (χ4n) is 2.14. The molecule has 54 valence electrons. The van der Waals surface area contributed by atoms with Crippen LogP contribution < -0.4 is 0 Å². The molecular weight excluding hydrogens is 127 g/mol. The van der Waals surface area contributed by atoms with Crippen LogP contribution in [0.3, 0.4) is 0 Å². The van der Waals surface area contributed by atoms with Crippen molar-refractivity contribution in [3.05, 3.63) is 0 Å². The predicted molar refractivity (Wildman–Crippen MR) is 37.5 cm³/mol. The van der Waals surface area contributed by atoms with Gasteiger partial charge in [0.15, 0.2) is 5.79 Å². The highest BCUT2D eigenvalue weighted by Gasteiger charge is 2.47. The van der Waals surface area contributed by atoms with Crippen LogP contribution in [0.15, 0.2) is 0 Å². The van der Waals surface area contributed by atoms with Crippen LogP contribution in [0, 0.1) is 5.92 Å². The van der Waals surface area contributed by atoms with Gasteiger partial charge in [-0.3, -0.25) is 0 Å². The van der Waals surface area contributed by atoms with Crippen molar-refractivity contribution in [3.63, 3.8) is 0 Å². The van der Waals surface area contributed by atoms with Crippen molar-refractivity contribution in [1.29, 1.82) is 0 Å². The third kappa shape index (κ3) is 0.737. The summed E-state index contributed by atoms with van der Waals surface area (Å²) in [5.41, 5.74) is 0. The van der Waals surface area contributed by atoms with Gasteiger partial charge in [0.2, 0.25) is 0 Å². The summed E-state index contributed by atoms with van der Waals surface area (Å²) in [4.78, 5) is 0. The third-order valence-corrected chi connectivity index (χ3v) is 2.71. The summed E-state index contributed by atoms with van der Waals surface area (Å²) in [6.45, 7) is 0.821. The van der Waals surface area contributed by atoms with E-state index in [1.54, 1.807) is 0 Å². The monoisotopic (exact) mass is 138 g/mol. The van der Waals surface area contributed by atoms with Gasteiger partial charge in [-0.05, 0) is 19.3 Å². The molecule has 2 radical (unpaired) electrons. The lowest BCUT2D eigenvalue weighted by Crippen LogP contribution is -2.33. The Kier molecular flexibility index (Phi) is 1.50. The summed E-state index contributed by atoms with van der Waals surface area (Å²) < 4.78 is 10.4. The molecular formula is C7H11BO2. The number of fused-ring (bicyclic) bond motifs is 1. The molecule has 2 aliphatic rings. The number of ether oxygens (including phenoxy) is 1. The van der Waals surface area contributed by atoms with Crippen LogP contribution in [0.5, 0.6) is 0 Å². The van der Waals surface area contributed by atoms with E-state index in [0.717, 1.165) is 19.4 Å². The standard InChI is InChI=1S/C7H11BO2/c8-10-7-4-1-2-6(7)3-5-9-7/h6H,1-5H2. The van der Waals surface area contributed by atoms with Crippen LogP contribution in [0.2, 0.25) is 0 Å². The van der Waals surface area contributed by atoms with Gasteiger partial charge in [-0.1, -0.05) is 0 Å². The van der Waals surface area contributed by atoms with Crippen LogP contribution in [-0.4, -0.2) is 20.4 Å². The van der Waals surface area contributed by atoms with Crippen LogP contribution in [0.25, 0.3) is 0 Å². The Labute approximate surface area is 62.3 Å². The molecule has 1 heterocycles. The van der Waals surface area contributed by atoms with Gasteiger partial charge >= 0.3 is 0 Å². The largest absolute Gasteiger partial charge is 0.422 e. The highest BCUT2D eigenvalue weighted by Crippen LogP contribution is 2.45. The summed E-state index contributed by atoms with van der Waals surface area (Å²) in [5.74, 6) is 0.192. The first-order valence-corrected chi connectivity index (χ1v) is 3.89. The van der Waals surface area contributed by atoms with Gasteiger partial charge < -0.3 is 9.39 Å². The van der Waals surface area contributed by atoms with Crippen LogP contribution in [-0.2, 0) is 9.39 Å². The molecule has 0 spiro atoms. The molecule has 1 saturated heterocycles. The lowest BCUT2D eigenvalue weighted by Gasteiger charge is -2.27. The second-order valence-electron chi connectivity index (χ2n) is 3.16. The molecule has 0 aromatic heterocycles. The maximum absolute atomic E-state index is 5.47. The van der Waals surface area contributed by atoms with E-state index < -0.39 is 0 Å². The second kappa shape index (κ2) is 2.24. The lowest BCUT2D eigenvalue weighted by atomic mass is 10.0. The summed E-state index contributed by atoms with van der Waals surface area (Å²) in [5, 5.41) is 0. The van der Waals surface area contributed by atoms with Crippen molar-refractivity contribution in [3.8, 4) is 0 Å². The Hall–Kier alpha value is -0.0151. The molecule has 0 aromatic rings. The molecule has 10 heavy (non-hydrogen) atoms. The van der Waals surface area contributed by atoms with Crippen molar-refractivity contribution in [2.75, 3.05) is 6.61 Å². The Bertz CT molecular complexity index is 128. The van der Waals surface area contributed by atoms with Crippen LogP contribution in [0.4, 0.5) is 0 Å². The third-order valence-electron chi connectivity index (χ3n) is 2.71. The lowest BCUT2D eigenvalue weighted by molar-refractivity contribution is -0.158. The zero-order valence-electron chi connectivity index (χ0n) is 6.01. The zero-order chi connectivity index (χ0) is 7.03. The first kappa shape index (κ1) is 6.68. The molecule has 0 bridgehead atoms. The van der Waals surface area contributed by atoms with E-state index in [9.17, 15) is 0 Å². The molecule has 1 saturated carbocycles. The van der Waals surface area contributed by atoms with E-state index in [0.29, 0.717) is 5.92 Å². The minimum Gasteiger partial charge on any atom is -0.422 e. The molecule has 2 fully saturated rings. The second-order valence-corrected chi connectivity index (χ2v) is 3.16. The Morgan fingerprint density at radius 1 is 1.50 bits per heavy atom. The molecule has 3 heteroatoms. The van der Waals surface area contributed by atoms with Gasteiger partial charge in [0, 0.05) is 12.3 Å². The minimum absolute atomic E-state index is 0.375. The minimum atomic E-state index is -0.375. The van der Waals surface area contributed by atoms with E-state index in [1.807, 2.05) is 0 Å². The molecule has 2 unspecified atom stereocenters. The van der Waals surface area contributed by atoms with E-state index in [1.165, 1.54) is 12.8 Å². The first-order chi connectivity index (χ1) is 4.87. The van der Waals surface area contributed by atoms with E-state index in [2.05, 4.69) is 0 Å². The average molecular weight is 138 g/mol. The van der Waals surface area contributed by atoms with Gasteiger partial charge in [0.05, 0.1) is 6.61 Å². The Morgan fingerprint density at radius 2 is 2.40 bits per heavy atom. The van der Waals surface area contributed by atoms with Crippen molar-refractivity contribution in [1.82, 2.24) is 0 Å². The molecule has 0 amide bonds. The van der Waals surface area contributed by atoms with Crippen molar-refractivity contribution >= 4 is 8.05 Å². The molecule has 2 atom stereocenters. The van der Waals surface area contributed by atoms with Gasteiger partial charge in [-0.15, -0.1) is 0 Å². The summed E-state index contributed by atoms with van der Waals surface area (Å²) in [6, 6.07) is 0. The number of hydrogen-bond acceptors (Lipinski definition) is 2. The normalized spacial score (nSPS) is 45.8. The van der Waals surface area contributed by atoms with Gasteiger partial charge in [-0.25, -0.2) is 0 Å². The van der Waals surface area contributed by atoms with Gasteiger partial charge in [0.25, 0.3) is 8.05 Å². The number of rotatable bonds is 1. The maximum atomic E-state index is 5.47. The predicted octanol–water partition coefficient (Wildman–Crippen LogP) is 1.00. The Morgan fingerprint density at radius 3 is 3.10 bits per heavy atom. The highest BCUT2D eigenvalue weighted by atomic mass is 16.7. The molecule has 2 nitrogen and oxygen atoms in total. The van der Waals surface area contributed by atoms with Crippen molar-refractivity contribution < 1.29 is 9.39 Å². The Balaban J connectivity index is 2.15. The van der Waals surface area contributed by atoms with Gasteiger partial charge in [0.1, 0.15) is 0 Å². The van der Waals surface area contributed by atoms with E-state index in [4.69, 9.17) is 17.4 Å².